The van der Waals surface area contributed by atoms with Gasteiger partial charge in [-0.15, -0.1) is 23.0 Å². The second kappa shape index (κ2) is 7.66. The van der Waals surface area contributed by atoms with Gasteiger partial charge in [-0.25, -0.2) is 4.68 Å². The number of halogens is 1. The van der Waals surface area contributed by atoms with Gasteiger partial charge in [0.15, 0.2) is 11.0 Å². The third kappa shape index (κ3) is 3.43. The highest BCUT2D eigenvalue weighted by Gasteiger charge is 2.18. The maximum Gasteiger partial charge on any atom is 0.193 e. The number of nitrogens with zero attached hydrogens (tertiary/aromatic N) is 3. The Kier molecular flexibility index (Phi) is 5.11. The molecular formula is C20H16ClN3S2. The average Bonchev–Trinajstić information content (AvgIpc) is 3.23. The third-order valence-corrected chi connectivity index (χ3v) is 6.60. The molecule has 26 heavy (non-hydrogen) atoms. The van der Waals surface area contributed by atoms with Crippen molar-refractivity contribution < 1.29 is 0 Å². The molecule has 6 heteroatoms. The minimum atomic E-state index is 0.618. The average molecular weight is 398 g/mol. The standard InChI is InChI=1S/C20H16ClN3S2/c1-2-12-24-20(25-13-14-8-4-3-5-9-14)22-19(23-24)18-17(21)15-10-6-7-11-16(15)26-18/h2-11H,1,12-13H2. The molecule has 2 heterocycles. The molecule has 0 unspecified atom stereocenters. The van der Waals surface area contributed by atoms with Crippen molar-refractivity contribution >= 4 is 44.8 Å². The first-order valence-electron chi connectivity index (χ1n) is 8.16. The minimum absolute atomic E-state index is 0.618. The van der Waals surface area contributed by atoms with Crippen LogP contribution in [0.15, 0.2) is 72.4 Å². The molecule has 0 bridgehead atoms. The molecule has 4 aromatic rings. The Bertz CT molecular complexity index is 1050. The van der Waals surface area contributed by atoms with Crippen LogP contribution < -0.4 is 0 Å². The van der Waals surface area contributed by atoms with Crippen LogP contribution in [-0.2, 0) is 12.3 Å². The number of fused-ring (bicyclic) bond motifs is 1. The number of aromatic nitrogens is 3. The first kappa shape index (κ1) is 17.3. The van der Waals surface area contributed by atoms with Crippen molar-refractivity contribution in [2.45, 2.75) is 17.5 Å². The second-order valence-electron chi connectivity index (χ2n) is 5.70. The summed E-state index contributed by atoms with van der Waals surface area (Å²) in [5.41, 5.74) is 1.26. The maximum absolute atomic E-state index is 6.60. The van der Waals surface area contributed by atoms with Gasteiger partial charge in [0.2, 0.25) is 0 Å². The molecule has 2 aromatic heterocycles. The highest BCUT2D eigenvalue weighted by Crippen LogP contribution is 2.41. The number of hydrogen-bond acceptors (Lipinski definition) is 4. The summed E-state index contributed by atoms with van der Waals surface area (Å²) in [5.74, 6) is 1.52. The Hall–Kier alpha value is -2.08. The summed E-state index contributed by atoms with van der Waals surface area (Å²) >= 11 is 9.90. The van der Waals surface area contributed by atoms with Crippen LogP contribution in [0.25, 0.3) is 20.8 Å². The number of hydrogen-bond donors (Lipinski definition) is 0. The lowest BCUT2D eigenvalue weighted by atomic mass is 10.2. The van der Waals surface area contributed by atoms with E-state index in [0.29, 0.717) is 12.4 Å². The molecule has 0 aliphatic heterocycles. The van der Waals surface area contributed by atoms with E-state index in [9.17, 15) is 0 Å². The highest BCUT2D eigenvalue weighted by atomic mass is 35.5. The molecule has 130 valence electrons. The molecule has 0 fully saturated rings. The molecule has 0 aliphatic carbocycles. The van der Waals surface area contributed by atoms with E-state index in [1.165, 1.54) is 5.56 Å². The lowest BCUT2D eigenvalue weighted by molar-refractivity contribution is 0.632. The van der Waals surface area contributed by atoms with E-state index in [1.807, 2.05) is 47.2 Å². The van der Waals surface area contributed by atoms with Crippen LogP contribution in [0, 0.1) is 0 Å². The van der Waals surface area contributed by atoms with Crippen molar-refractivity contribution in [3.8, 4) is 10.7 Å². The number of benzene rings is 2. The number of rotatable bonds is 6. The van der Waals surface area contributed by atoms with Gasteiger partial charge in [0, 0.05) is 15.8 Å². The Morgan fingerprint density at radius 1 is 1.12 bits per heavy atom. The van der Waals surface area contributed by atoms with Gasteiger partial charge in [-0.05, 0) is 11.6 Å². The molecule has 0 spiro atoms. The van der Waals surface area contributed by atoms with Crippen LogP contribution in [0.4, 0.5) is 0 Å². The summed E-state index contributed by atoms with van der Waals surface area (Å²) in [4.78, 5) is 5.68. The molecule has 0 amide bonds. The molecule has 0 saturated carbocycles. The van der Waals surface area contributed by atoms with Gasteiger partial charge >= 0.3 is 0 Å². The summed E-state index contributed by atoms with van der Waals surface area (Å²) in [5, 5.41) is 7.32. The van der Waals surface area contributed by atoms with E-state index < -0.39 is 0 Å². The number of thioether (sulfide) groups is 1. The molecule has 2 aromatic carbocycles. The fraction of sp³-hybridized carbons (Fsp3) is 0.100. The molecule has 0 saturated heterocycles. The number of allylic oxidation sites excluding steroid dienone is 1. The number of thiophene rings is 1. The van der Waals surface area contributed by atoms with Crippen LogP contribution in [-0.4, -0.2) is 14.8 Å². The zero-order chi connectivity index (χ0) is 17.9. The normalized spacial score (nSPS) is 11.1. The molecule has 4 rings (SSSR count). The molecule has 0 aliphatic rings. The molecule has 0 N–H and O–H groups in total. The zero-order valence-corrected chi connectivity index (χ0v) is 16.3. The van der Waals surface area contributed by atoms with E-state index in [2.05, 4.69) is 29.9 Å². The van der Waals surface area contributed by atoms with Gasteiger partial charge in [0.1, 0.15) is 0 Å². The van der Waals surface area contributed by atoms with E-state index in [1.54, 1.807) is 23.1 Å². The molecule has 0 atom stereocenters. The highest BCUT2D eigenvalue weighted by molar-refractivity contribution is 7.98. The van der Waals surface area contributed by atoms with Crippen LogP contribution in [0.1, 0.15) is 5.56 Å². The van der Waals surface area contributed by atoms with Gasteiger partial charge in [-0.1, -0.05) is 78.0 Å². The fourth-order valence-corrected chi connectivity index (χ4v) is 5.00. The lowest BCUT2D eigenvalue weighted by Gasteiger charge is -2.02. The topological polar surface area (TPSA) is 30.7 Å². The van der Waals surface area contributed by atoms with E-state index in [0.717, 1.165) is 30.9 Å². The summed E-state index contributed by atoms with van der Waals surface area (Å²) < 4.78 is 3.03. The van der Waals surface area contributed by atoms with E-state index in [4.69, 9.17) is 16.6 Å². The largest absolute Gasteiger partial charge is 0.236 e. The van der Waals surface area contributed by atoms with Crippen molar-refractivity contribution in [2.24, 2.45) is 0 Å². The Labute approximate surface area is 165 Å². The molecule has 3 nitrogen and oxygen atoms in total. The first-order chi connectivity index (χ1) is 12.8. The second-order valence-corrected chi connectivity index (χ2v) is 8.08. The Morgan fingerprint density at radius 2 is 1.88 bits per heavy atom. The monoisotopic (exact) mass is 397 g/mol. The van der Waals surface area contributed by atoms with Gasteiger partial charge in [-0.2, -0.15) is 4.98 Å². The molecular weight excluding hydrogens is 382 g/mol. The predicted molar refractivity (Wildman–Crippen MR) is 112 cm³/mol. The van der Waals surface area contributed by atoms with Crippen LogP contribution in [0.3, 0.4) is 0 Å². The predicted octanol–water partition coefficient (Wildman–Crippen LogP) is 6.29. The van der Waals surface area contributed by atoms with E-state index in [-0.39, 0.29) is 0 Å². The smallest absolute Gasteiger partial charge is 0.193 e. The van der Waals surface area contributed by atoms with Gasteiger partial charge < -0.3 is 0 Å². The van der Waals surface area contributed by atoms with Gasteiger partial charge in [-0.3, -0.25) is 0 Å². The summed E-state index contributed by atoms with van der Waals surface area (Å²) in [7, 11) is 0. The van der Waals surface area contributed by atoms with Gasteiger partial charge in [0.25, 0.3) is 0 Å². The fourth-order valence-electron chi connectivity index (χ4n) is 2.65. The quantitative estimate of drug-likeness (QED) is 0.283. The van der Waals surface area contributed by atoms with Crippen molar-refractivity contribution in [3.63, 3.8) is 0 Å². The Balaban J connectivity index is 1.68. The van der Waals surface area contributed by atoms with Crippen molar-refractivity contribution in [2.75, 3.05) is 0 Å². The maximum atomic E-state index is 6.60. The van der Waals surface area contributed by atoms with Crippen LogP contribution in [0.5, 0.6) is 0 Å². The lowest BCUT2D eigenvalue weighted by Crippen LogP contribution is -1.99. The summed E-state index contributed by atoms with van der Waals surface area (Å²) in [6, 6.07) is 18.5. The first-order valence-corrected chi connectivity index (χ1v) is 10.3. The van der Waals surface area contributed by atoms with E-state index >= 15 is 0 Å². The minimum Gasteiger partial charge on any atom is -0.236 e. The Morgan fingerprint density at radius 3 is 2.65 bits per heavy atom. The SMILES string of the molecule is C=CCn1nc(-c2sc3ccccc3c2Cl)nc1SCc1ccccc1. The van der Waals surface area contributed by atoms with Crippen LogP contribution in [0.2, 0.25) is 5.02 Å². The third-order valence-electron chi connectivity index (χ3n) is 3.89. The van der Waals surface area contributed by atoms with Gasteiger partial charge in [0.05, 0.1) is 16.4 Å². The summed E-state index contributed by atoms with van der Waals surface area (Å²) in [6.07, 6.45) is 1.83. The van der Waals surface area contributed by atoms with Crippen molar-refractivity contribution in [1.82, 2.24) is 14.8 Å². The molecule has 0 radical (unpaired) electrons. The van der Waals surface area contributed by atoms with Crippen LogP contribution >= 0.6 is 34.7 Å². The van der Waals surface area contributed by atoms with Crippen molar-refractivity contribution in [3.05, 3.63) is 77.8 Å². The zero-order valence-electron chi connectivity index (χ0n) is 13.9. The van der Waals surface area contributed by atoms with Crippen molar-refractivity contribution in [1.29, 1.82) is 0 Å². The summed E-state index contributed by atoms with van der Waals surface area (Å²) in [6.45, 7) is 4.45.